The maximum absolute atomic E-state index is 6.09. The van der Waals surface area contributed by atoms with Crippen molar-refractivity contribution in [3.05, 3.63) is 35.5 Å². The van der Waals surface area contributed by atoms with Gasteiger partial charge in [0.1, 0.15) is 0 Å². The summed E-state index contributed by atoms with van der Waals surface area (Å²) in [5, 5.41) is 5.10. The number of anilines is 1. The molecule has 2 rings (SSSR count). The van der Waals surface area contributed by atoms with Crippen molar-refractivity contribution in [3.63, 3.8) is 0 Å². The van der Waals surface area contributed by atoms with E-state index in [-0.39, 0.29) is 6.04 Å². The lowest BCUT2D eigenvalue weighted by molar-refractivity contribution is 0.190. The van der Waals surface area contributed by atoms with Gasteiger partial charge >= 0.3 is 0 Å². The number of aromatic nitrogens is 1. The van der Waals surface area contributed by atoms with E-state index in [1.54, 1.807) is 13.3 Å². The largest absolute Gasteiger partial charge is 0.383 e. The lowest BCUT2D eigenvalue weighted by Gasteiger charge is -2.15. The lowest BCUT2D eigenvalue weighted by atomic mass is 10.2. The highest BCUT2D eigenvalue weighted by atomic mass is 35.5. The van der Waals surface area contributed by atoms with Gasteiger partial charge in [0, 0.05) is 29.8 Å². The maximum atomic E-state index is 6.09. The lowest BCUT2D eigenvalue weighted by Crippen LogP contribution is -2.21. The second-order valence-corrected chi connectivity index (χ2v) is 4.47. The molecule has 1 atom stereocenters. The molecular formula is C13H15ClN2O. The number of ether oxygens (including phenoxy) is 1. The highest BCUT2D eigenvalue weighted by molar-refractivity contribution is 6.31. The van der Waals surface area contributed by atoms with Crippen molar-refractivity contribution >= 4 is 28.2 Å². The van der Waals surface area contributed by atoms with E-state index in [1.165, 1.54) is 0 Å². The molecule has 0 bridgehead atoms. The van der Waals surface area contributed by atoms with Crippen LogP contribution in [-0.4, -0.2) is 24.7 Å². The summed E-state index contributed by atoms with van der Waals surface area (Å²) in [5.74, 6) is 0. The van der Waals surface area contributed by atoms with E-state index in [4.69, 9.17) is 16.3 Å². The third-order valence-corrected chi connectivity index (χ3v) is 2.71. The van der Waals surface area contributed by atoms with E-state index in [9.17, 15) is 0 Å². The SMILES string of the molecule is COCC(C)Nc1cc(Cl)cc2cccnc12. The molecule has 0 spiro atoms. The third kappa shape index (κ3) is 2.87. The fourth-order valence-corrected chi connectivity index (χ4v) is 2.05. The highest BCUT2D eigenvalue weighted by Crippen LogP contribution is 2.26. The normalized spacial score (nSPS) is 12.6. The second-order valence-electron chi connectivity index (χ2n) is 4.03. The fraction of sp³-hybridized carbons (Fsp3) is 0.308. The molecule has 0 aliphatic heterocycles. The van der Waals surface area contributed by atoms with Gasteiger partial charge in [0.25, 0.3) is 0 Å². The van der Waals surface area contributed by atoms with Crippen LogP contribution in [0.2, 0.25) is 5.02 Å². The average molecular weight is 251 g/mol. The van der Waals surface area contributed by atoms with Crippen molar-refractivity contribution in [1.29, 1.82) is 0 Å². The van der Waals surface area contributed by atoms with E-state index < -0.39 is 0 Å². The summed E-state index contributed by atoms with van der Waals surface area (Å²) in [4.78, 5) is 4.37. The van der Waals surface area contributed by atoms with Crippen LogP contribution < -0.4 is 5.32 Å². The molecule has 0 fully saturated rings. The smallest absolute Gasteiger partial charge is 0.0934 e. The highest BCUT2D eigenvalue weighted by Gasteiger charge is 2.07. The summed E-state index contributed by atoms with van der Waals surface area (Å²) >= 11 is 6.09. The molecule has 3 nitrogen and oxygen atoms in total. The third-order valence-electron chi connectivity index (χ3n) is 2.49. The minimum Gasteiger partial charge on any atom is -0.383 e. The van der Waals surface area contributed by atoms with Crippen molar-refractivity contribution in [2.75, 3.05) is 19.0 Å². The van der Waals surface area contributed by atoms with Crippen molar-refractivity contribution in [2.45, 2.75) is 13.0 Å². The van der Waals surface area contributed by atoms with E-state index in [1.807, 2.05) is 24.3 Å². The topological polar surface area (TPSA) is 34.1 Å². The van der Waals surface area contributed by atoms with Gasteiger partial charge in [0.15, 0.2) is 0 Å². The number of benzene rings is 1. The van der Waals surface area contributed by atoms with Gasteiger partial charge in [-0.3, -0.25) is 4.98 Å². The summed E-state index contributed by atoms with van der Waals surface area (Å²) in [6, 6.07) is 7.92. The van der Waals surface area contributed by atoms with E-state index in [2.05, 4.69) is 17.2 Å². The van der Waals surface area contributed by atoms with Gasteiger partial charge < -0.3 is 10.1 Å². The first-order valence-electron chi connectivity index (χ1n) is 5.50. The van der Waals surface area contributed by atoms with Gasteiger partial charge in [-0.1, -0.05) is 17.7 Å². The number of nitrogens with one attached hydrogen (secondary N) is 1. The van der Waals surface area contributed by atoms with Crippen LogP contribution in [-0.2, 0) is 4.74 Å². The average Bonchev–Trinajstić information content (AvgIpc) is 2.29. The minimum atomic E-state index is 0.212. The fourth-order valence-electron chi connectivity index (χ4n) is 1.82. The Morgan fingerprint density at radius 1 is 1.47 bits per heavy atom. The Balaban J connectivity index is 2.38. The molecule has 0 aliphatic rings. The number of halogens is 1. The van der Waals surface area contributed by atoms with Gasteiger partial charge in [-0.05, 0) is 25.1 Å². The first-order valence-corrected chi connectivity index (χ1v) is 5.88. The molecule has 1 unspecified atom stereocenters. The van der Waals surface area contributed by atoms with Crippen LogP contribution in [0.4, 0.5) is 5.69 Å². The number of rotatable bonds is 4. The number of methoxy groups -OCH3 is 1. The van der Waals surface area contributed by atoms with Crippen LogP contribution >= 0.6 is 11.6 Å². The van der Waals surface area contributed by atoms with Crippen molar-refractivity contribution in [1.82, 2.24) is 4.98 Å². The standard InChI is InChI=1S/C13H15ClN2O/c1-9(8-17-2)16-12-7-11(14)6-10-4-3-5-15-13(10)12/h3-7,9,16H,8H2,1-2H3. The Labute approximate surface area is 106 Å². The van der Waals surface area contributed by atoms with E-state index >= 15 is 0 Å². The van der Waals surface area contributed by atoms with Gasteiger partial charge in [-0.25, -0.2) is 0 Å². The Bertz CT molecular complexity index is 516. The predicted octanol–water partition coefficient (Wildman–Crippen LogP) is 3.34. The molecule has 0 radical (unpaired) electrons. The maximum Gasteiger partial charge on any atom is 0.0934 e. The summed E-state index contributed by atoms with van der Waals surface area (Å²) in [7, 11) is 1.69. The molecule has 17 heavy (non-hydrogen) atoms. The first kappa shape index (κ1) is 12.1. The Hall–Kier alpha value is -1.32. The van der Waals surface area contributed by atoms with Crippen LogP contribution in [0.1, 0.15) is 6.92 Å². The Morgan fingerprint density at radius 3 is 3.06 bits per heavy atom. The molecular weight excluding hydrogens is 236 g/mol. The van der Waals surface area contributed by atoms with Crippen LogP contribution in [0.3, 0.4) is 0 Å². The zero-order valence-electron chi connectivity index (χ0n) is 9.90. The van der Waals surface area contributed by atoms with E-state index in [0.29, 0.717) is 11.6 Å². The quantitative estimate of drug-likeness (QED) is 0.904. The molecule has 1 heterocycles. The molecule has 0 aliphatic carbocycles. The first-order chi connectivity index (χ1) is 8.20. The van der Waals surface area contributed by atoms with Crippen molar-refractivity contribution in [2.24, 2.45) is 0 Å². The molecule has 2 aromatic rings. The van der Waals surface area contributed by atoms with Crippen molar-refractivity contribution < 1.29 is 4.74 Å². The molecule has 0 amide bonds. The molecule has 1 N–H and O–H groups in total. The minimum absolute atomic E-state index is 0.212. The number of fused-ring (bicyclic) bond motifs is 1. The summed E-state index contributed by atoms with van der Waals surface area (Å²) in [6.07, 6.45) is 1.78. The molecule has 4 heteroatoms. The molecule has 90 valence electrons. The number of nitrogens with zero attached hydrogens (tertiary/aromatic N) is 1. The second kappa shape index (κ2) is 5.34. The molecule has 1 aromatic heterocycles. The zero-order chi connectivity index (χ0) is 12.3. The summed E-state index contributed by atoms with van der Waals surface area (Å²) in [5.41, 5.74) is 1.87. The van der Waals surface area contributed by atoms with E-state index in [0.717, 1.165) is 16.6 Å². The van der Waals surface area contributed by atoms with Gasteiger partial charge in [-0.15, -0.1) is 0 Å². The van der Waals surface area contributed by atoms with Crippen LogP contribution in [0, 0.1) is 0 Å². The molecule has 0 saturated carbocycles. The van der Waals surface area contributed by atoms with Crippen LogP contribution in [0.25, 0.3) is 10.9 Å². The molecule has 0 saturated heterocycles. The van der Waals surface area contributed by atoms with Gasteiger partial charge in [-0.2, -0.15) is 0 Å². The zero-order valence-corrected chi connectivity index (χ0v) is 10.7. The van der Waals surface area contributed by atoms with Gasteiger partial charge in [0.2, 0.25) is 0 Å². The van der Waals surface area contributed by atoms with Crippen LogP contribution in [0.15, 0.2) is 30.5 Å². The Morgan fingerprint density at radius 2 is 2.29 bits per heavy atom. The summed E-state index contributed by atoms with van der Waals surface area (Å²) < 4.78 is 5.10. The van der Waals surface area contributed by atoms with Gasteiger partial charge in [0.05, 0.1) is 17.8 Å². The van der Waals surface area contributed by atoms with Crippen LogP contribution in [0.5, 0.6) is 0 Å². The number of hydrogen-bond acceptors (Lipinski definition) is 3. The molecule has 1 aromatic carbocycles. The number of pyridine rings is 1. The predicted molar refractivity (Wildman–Crippen MR) is 71.7 cm³/mol. The number of hydrogen-bond donors (Lipinski definition) is 1. The Kier molecular flexibility index (Phi) is 3.82. The monoisotopic (exact) mass is 250 g/mol. The summed E-state index contributed by atoms with van der Waals surface area (Å²) in [6.45, 7) is 2.69. The van der Waals surface area contributed by atoms with Crippen molar-refractivity contribution in [3.8, 4) is 0 Å².